The molecule has 2 N–H and O–H groups in total. The molecule has 1 aliphatic heterocycles. The lowest BCUT2D eigenvalue weighted by molar-refractivity contribution is 0.0170. The Kier molecular flexibility index (Phi) is 11.0. The van der Waals surface area contributed by atoms with E-state index in [0.717, 1.165) is 50.0 Å². The molecule has 1 fully saturated rings. The Bertz CT molecular complexity index is 813. The van der Waals surface area contributed by atoms with Gasteiger partial charge in [0.25, 0.3) is 0 Å². The lowest BCUT2D eigenvalue weighted by Gasteiger charge is -2.35. The molecule has 1 unspecified atom stereocenters. The van der Waals surface area contributed by atoms with Gasteiger partial charge >= 0.3 is 0 Å². The third-order valence-electron chi connectivity index (χ3n) is 5.27. The number of methoxy groups -OCH3 is 1. The fourth-order valence-corrected chi connectivity index (χ4v) is 3.60. The smallest absolute Gasteiger partial charge is 0.191 e. The predicted molar refractivity (Wildman–Crippen MR) is 133 cm³/mol. The van der Waals surface area contributed by atoms with Gasteiger partial charge in [0.15, 0.2) is 5.96 Å². The second kappa shape index (κ2) is 13.5. The van der Waals surface area contributed by atoms with Crippen molar-refractivity contribution < 1.29 is 13.9 Å². The van der Waals surface area contributed by atoms with Gasteiger partial charge < -0.3 is 20.1 Å². The van der Waals surface area contributed by atoms with Crippen LogP contribution >= 0.6 is 24.0 Å². The van der Waals surface area contributed by atoms with Gasteiger partial charge in [-0.15, -0.1) is 24.0 Å². The molecule has 1 atom stereocenters. The number of aliphatic imine (C=N–C) groups is 1. The van der Waals surface area contributed by atoms with Crippen LogP contribution < -0.4 is 15.4 Å². The first-order valence-corrected chi connectivity index (χ1v) is 10.3. The number of hydrogen-bond donors (Lipinski definition) is 2. The number of nitrogens with zero attached hydrogens (tertiary/aromatic N) is 2. The van der Waals surface area contributed by atoms with E-state index in [1.807, 2.05) is 18.2 Å². The number of nitrogens with one attached hydrogen (secondary N) is 2. The molecule has 6 nitrogen and oxygen atoms in total. The van der Waals surface area contributed by atoms with Crippen LogP contribution in [0.1, 0.15) is 17.2 Å². The molecule has 0 amide bonds. The topological polar surface area (TPSA) is 58.1 Å². The number of halogens is 2. The molecule has 2 aromatic carbocycles. The maximum Gasteiger partial charge on any atom is 0.191 e. The van der Waals surface area contributed by atoms with Gasteiger partial charge in [0.05, 0.1) is 26.4 Å². The van der Waals surface area contributed by atoms with Crippen LogP contribution in [0.3, 0.4) is 0 Å². The Balaban J connectivity index is 0.00000341. The molecule has 0 aliphatic carbocycles. The molecule has 0 spiro atoms. The van der Waals surface area contributed by atoms with Crippen molar-refractivity contribution in [2.75, 3.05) is 53.6 Å². The van der Waals surface area contributed by atoms with Crippen LogP contribution in [-0.4, -0.2) is 64.4 Å². The van der Waals surface area contributed by atoms with Crippen LogP contribution in [0.25, 0.3) is 0 Å². The quantitative estimate of drug-likeness (QED) is 0.305. The van der Waals surface area contributed by atoms with Gasteiger partial charge in [-0.05, 0) is 41.8 Å². The molecule has 2 aromatic rings. The number of benzene rings is 2. The SMILES string of the molecule is CN=C(NCCc1cccc(F)c1)NCC(c1ccc(OC)cc1)N1CCOCC1.I. The molecule has 1 saturated heterocycles. The standard InChI is InChI=1S/C23H31FN4O2.HI/c1-25-23(26-11-10-18-4-3-5-20(24)16-18)27-17-22(28-12-14-30-15-13-28)19-6-8-21(29-2)9-7-19;/h3-9,16,22H,10-15,17H2,1-2H3,(H2,25,26,27);1H. The molecular weight excluding hydrogens is 510 g/mol. The molecule has 1 aliphatic rings. The highest BCUT2D eigenvalue weighted by Crippen LogP contribution is 2.23. The lowest BCUT2D eigenvalue weighted by Crippen LogP contribution is -2.46. The molecule has 3 rings (SSSR count). The lowest BCUT2D eigenvalue weighted by atomic mass is 10.0. The Morgan fingerprint density at radius 1 is 1.16 bits per heavy atom. The minimum absolute atomic E-state index is 0. The van der Waals surface area contributed by atoms with Crippen LogP contribution in [-0.2, 0) is 11.2 Å². The molecule has 8 heteroatoms. The van der Waals surface area contributed by atoms with Gasteiger partial charge in [-0.2, -0.15) is 0 Å². The molecular formula is C23H32FIN4O2. The molecule has 1 heterocycles. The number of ether oxygens (including phenoxy) is 2. The molecule has 31 heavy (non-hydrogen) atoms. The number of guanidine groups is 1. The minimum atomic E-state index is -0.206. The summed E-state index contributed by atoms with van der Waals surface area (Å²) in [7, 11) is 3.43. The van der Waals surface area contributed by atoms with Crippen molar-refractivity contribution in [3.8, 4) is 5.75 Å². The van der Waals surface area contributed by atoms with E-state index in [0.29, 0.717) is 13.1 Å². The fraction of sp³-hybridized carbons (Fsp3) is 0.435. The van der Waals surface area contributed by atoms with Gasteiger partial charge in [0.2, 0.25) is 0 Å². The Hall–Kier alpha value is -1.91. The van der Waals surface area contributed by atoms with Crippen LogP contribution in [0.4, 0.5) is 4.39 Å². The van der Waals surface area contributed by atoms with E-state index in [4.69, 9.17) is 9.47 Å². The van der Waals surface area contributed by atoms with Crippen molar-refractivity contribution in [3.63, 3.8) is 0 Å². The van der Waals surface area contributed by atoms with Crippen LogP contribution in [0.15, 0.2) is 53.5 Å². The number of morpholine rings is 1. The Morgan fingerprint density at radius 3 is 2.55 bits per heavy atom. The van der Waals surface area contributed by atoms with Gasteiger partial charge in [0, 0.05) is 33.2 Å². The van der Waals surface area contributed by atoms with Crippen LogP contribution in [0, 0.1) is 5.82 Å². The van der Waals surface area contributed by atoms with Crippen molar-refractivity contribution in [1.29, 1.82) is 0 Å². The summed E-state index contributed by atoms with van der Waals surface area (Å²) >= 11 is 0. The summed E-state index contributed by atoms with van der Waals surface area (Å²) in [5.41, 5.74) is 2.18. The molecule has 0 bridgehead atoms. The molecule has 0 aromatic heterocycles. The summed E-state index contributed by atoms with van der Waals surface area (Å²) in [5, 5.41) is 6.76. The highest BCUT2D eigenvalue weighted by molar-refractivity contribution is 14.0. The largest absolute Gasteiger partial charge is 0.497 e. The van der Waals surface area contributed by atoms with E-state index >= 15 is 0 Å². The van der Waals surface area contributed by atoms with E-state index < -0.39 is 0 Å². The van der Waals surface area contributed by atoms with Crippen molar-refractivity contribution in [1.82, 2.24) is 15.5 Å². The van der Waals surface area contributed by atoms with Crippen molar-refractivity contribution >= 4 is 29.9 Å². The normalized spacial score (nSPS) is 15.6. The van der Waals surface area contributed by atoms with E-state index in [1.165, 1.54) is 11.6 Å². The van der Waals surface area contributed by atoms with Crippen molar-refractivity contribution in [2.45, 2.75) is 12.5 Å². The van der Waals surface area contributed by atoms with Gasteiger partial charge in [-0.25, -0.2) is 4.39 Å². The average Bonchev–Trinajstić information content (AvgIpc) is 2.79. The van der Waals surface area contributed by atoms with Crippen molar-refractivity contribution in [2.24, 2.45) is 4.99 Å². The molecule has 0 saturated carbocycles. The third kappa shape index (κ3) is 7.93. The second-order valence-electron chi connectivity index (χ2n) is 7.20. The highest BCUT2D eigenvalue weighted by Gasteiger charge is 2.23. The summed E-state index contributed by atoms with van der Waals surface area (Å²) in [6.45, 7) is 4.66. The zero-order valence-corrected chi connectivity index (χ0v) is 20.5. The molecule has 170 valence electrons. The van der Waals surface area contributed by atoms with E-state index in [1.54, 1.807) is 26.3 Å². The van der Waals surface area contributed by atoms with Crippen LogP contribution in [0.5, 0.6) is 5.75 Å². The van der Waals surface area contributed by atoms with Gasteiger partial charge in [-0.1, -0.05) is 24.3 Å². The number of rotatable bonds is 8. The average molecular weight is 542 g/mol. The summed E-state index contributed by atoms with van der Waals surface area (Å²) in [6.07, 6.45) is 0.726. The summed E-state index contributed by atoms with van der Waals surface area (Å²) in [4.78, 5) is 6.76. The maximum atomic E-state index is 13.3. The second-order valence-corrected chi connectivity index (χ2v) is 7.20. The predicted octanol–water partition coefficient (Wildman–Crippen LogP) is 3.23. The minimum Gasteiger partial charge on any atom is -0.497 e. The third-order valence-corrected chi connectivity index (χ3v) is 5.27. The van der Waals surface area contributed by atoms with Gasteiger partial charge in [-0.3, -0.25) is 9.89 Å². The zero-order valence-electron chi connectivity index (χ0n) is 18.1. The maximum absolute atomic E-state index is 13.3. The first kappa shape index (κ1) is 25.4. The first-order valence-electron chi connectivity index (χ1n) is 10.3. The Morgan fingerprint density at radius 2 is 1.90 bits per heavy atom. The fourth-order valence-electron chi connectivity index (χ4n) is 3.60. The first-order chi connectivity index (χ1) is 14.7. The summed E-state index contributed by atoms with van der Waals surface area (Å²) < 4.78 is 24.2. The number of hydrogen-bond acceptors (Lipinski definition) is 4. The summed E-state index contributed by atoms with van der Waals surface area (Å²) in [5.74, 6) is 1.38. The van der Waals surface area contributed by atoms with Gasteiger partial charge in [0.1, 0.15) is 11.6 Å². The van der Waals surface area contributed by atoms with E-state index in [-0.39, 0.29) is 35.8 Å². The van der Waals surface area contributed by atoms with E-state index in [2.05, 4.69) is 32.7 Å². The monoisotopic (exact) mass is 542 g/mol. The highest BCUT2D eigenvalue weighted by atomic mass is 127. The van der Waals surface area contributed by atoms with E-state index in [9.17, 15) is 4.39 Å². The molecule has 0 radical (unpaired) electrons. The Labute approximate surface area is 201 Å². The summed E-state index contributed by atoms with van der Waals surface area (Å²) in [6, 6.07) is 15.1. The van der Waals surface area contributed by atoms with Crippen LogP contribution in [0.2, 0.25) is 0 Å². The zero-order chi connectivity index (χ0) is 21.2. The van der Waals surface area contributed by atoms with Crippen molar-refractivity contribution in [3.05, 3.63) is 65.5 Å².